The minimum atomic E-state index is 0.218. The smallest absolute Gasteiger partial charge is 0.0593 e. The third-order valence-corrected chi connectivity index (χ3v) is 4.71. The zero-order chi connectivity index (χ0) is 16.1. The molecule has 2 aromatic rings. The molecule has 0 spiro atoms. The van der Waals surface area contributed by atoms with Crippen molar-refractivity contribution >= 4 is 0 Å². The van der Waals surface area contributed by atoms with Gasteiger partial charge in [0.2, 0.25) is 0 Å². The minimum Gasteiger partial charge on any atom is -0.396 e. The summed E-state index contributed by atoms with van der Waals surface area (Å²) in [5.74, 6) is 0.246. The average molecular weight is 307 g/mol. The van der Waals surface area contributed by atoms with Gasteiger partial charge in [-0.3, -0.25) is 0 Å². The molecule has 2 heteroatoms. The lowest BCUT2D eigenvalue weighted by Gasteiger charge is -2.39. The van der Waals surface area contributed by atoms with Crippen LogP contribution in [0.4, 0.5) is 0 Å². The first kappa shape index (κ1) is 15.8. The van der Waals surface area contributed by atoms with E-state index in [1.807, 2.05) is 6.07 Å². The van der Waals surface area contributed by atoms with Crippen molar-refractivity contribution in [2.24, 2.45) is 5.92 Å². The van der Waals surface area contributed by atoms with E-state index in [2.05, 4.69) is 72.6 Å². The van der Waals surface area contributed by atoms with Crippen molar-refractivity contribution in [2.45, 2.75) is 32.4 Å². The van der Waals surface area contributed by atoms with E-state index >= 15 is 0 Å². The molecule has 0 fully saturated rings. The van der Waals surface area contributed by atoms with Crippen molar-refractivity contribution in [1.29, 1.82) is 0 Å². The van der Waals surface area contributed by atoms with Gasteiger partial charge in [-0.05, 0) is 35.7 Å². The second-order valence-electron chi connectivity index (χ2n) is 6.26. The van der Waals surface area contributed by atoms with E-state index in [4.69, 9.17) is 0 Å². The quantitative estimate of drug-likeness (QED) is 0.889. The van der Waals surface area contributed by atoms with Gasteiger partial charge in [0.25, 0.3) is 0 Å². The Hall–Kier alpha value is -2.06. The highest BCUT2D eigenvalue weighted by Crippen LogP contribution is 2.36. The summed E-state index contributed by atoms with van der Waals surface area (Å²) < 4.78 is 0. The van der Waals surface area contributed by atoms with E-state index in [1.54, 1.807) is 0 Å². The molecule has 1 heterocycles. The molecular weight excluding hydrogens is 282 g/mol. The second kappa shape index (κ2) is 7.47. The van der Waals surface area contributed by atoms with Crippen LogP contribution in [-0.4, -0.2) is 16.6 Å². The molecule has 120 valence electrons. The third-order valence-electron chi connectivity index (χ3n) is 4.71. The fourth-order valence-electron chi connectivity index (χ4n) is 3.40. The minimum absolute atomic E-state index is 0.218. The summed E-state index contributed by atoms with van der Waals surface area (Å²) in [7, 11) is 0. The summed E-state index contributed by atoms with van der Waals surface area (Å²) >= 11 is 0. The summed E-state index contributed by atoms with van der Waals surface area (Å²) in [6.45, 7) is 3.26. The van der Waals surface area contributed by atoms with E-state index < -0.39 is 0 Å². The van der Waals surface area contributed by atoms with Crippen molar-refractivity contribution in [3.63, 3.8) is 0 Å². The fraction of sp³-hybridized carbons (Fsp3) is 0.333. The van der Waals surface area contributed by atoms with E-state index in [0.29, 0.717) is 0 Å². The molecule has 2 nitrogen and oxygen atoms in total. The standard InChI is InChI=1S/C21H25NO/c1-2-17-10-12-19(13-11-17)21-20(16-23)9-6-14-22(21)15-18-7-4-3-5-8-18/h3-8,10-14,20-21,23H,2,9,15-16H2,1H3. The maximum atomic E-state index is 9.85. The van der Waals surface area contributed by atoms with Crippen molar-refractivity contribution in [3.8, 4) is 0 Å². The Morgan fingerprint density at radius 1 is 1.00 bits per heavy atom. The number of aliphatic hydroxyl groups is 1. The van der Waals surface area contributed by atoms with Crippen molar-refractivity contribution in [2.75, 3.05) is 6.61 Å². The largest absolute Gasteiger partial charge is 0.396 e. The maximum absolute atomic E-state index is 9.85. The molecule has 1 N–H and O–H groups in total. The Morgan fingerprint density at radius 2 is 1.74 bits per heavy atom. The summed E-state index contributed by atoms with van der Waals surface area (Å²) in [5, 5.41) is 9.85. The monoisotopic (exact) mass is 307 g/mol. The van der Waals surface area contributed by atoms with Crippen molar-refractivity contribution < 1.29 is 5.11 Å². The number of allylic oxidation sites excluding steroid dienone is 1. The van der Waals surface area contributed by atoms with Crippen molar-refractivity contribution in [1.82, 2.24) is 4.90 Å². The lowest BCUT2D eigenvalue weighted by Crippen LogP contribution is -2.33. The van der Waals surface area contributed by atoms with Gasteiger partial charge in [0, 0.05) is 19.1 Å². The maximum Gasteiger partial charge on any atom is 0.0593 e. The molecule has 2 aromatic carbocycles. The highest BCUT2D eigenvalue weighted by molar-refractivity contribution is 5.27. The van der Waals surface area contributed by atoms with Crippen LogP contribution in [0.5, 0.6) is 0 Å². The van der Waals surface area contributed by atoms with Crippen LogP contribution >= 0.6 is 0 Å². The van der Waals surface area contributed by atoms with Crippen LogP contribution in [0.2, 0.25) is 0 Å². The normalized spacial score (nSPS) is 20.7. The van der Waals surface area contributed by atoms with E-state index in [1.165, 1.54) is 16.7 Å². The molecule has 3 rings (SSSR count). The van der Waals surface area contributed by atoms with Gasteiger partial charge in [0.15, 0.2) is 0 Å². The predicted molar refractivity (Wildman–Crippen MR) is 94.9 cm³/mol. The SMILES string of the molecule is CCc1ccc(C2C(CO)CC=CN2Cc2ccccc2)cc1. The zero-order valence-electron chi connectivity index (χ0n) is 13.7. The Labute approximate surface area is 139 Å². The van der Waals surface area contributed by atoms with Crippen LogP contribution in [0.15, 0.2) is 66.9 Å². The van der Waals surface area contributed by atoms with Gasteiger partial charge < -0.3 is 10.0 Å². The molecule has 0 saturated heterocycles. The highest BCUT2D eigenvalue weighted by Gasteiger charge is 2.29. The average Bonchev–Trinajstić information content (AvgIpc) is 2.62. The number of nitrogens with zero attached hydrogens (tertiary/aromatic N) is 1. The van der Waals surface area contributed by atoms with Gasteiger partial charge >= 0.3 is 0 Å². The van der Waals surface area contributed by atoms with Crippen LogP contribution in [0.25, 0.3) is 0 Å². The number of aryl methyl sites for hydroxylation is 1. The number of hydrogen-bond acceptors (Lipinski definition) is 2. The zero-order valence-corrected chi connectivity index (χ0v) is 13.7. The third kappa shape index (κ3) is 3.65. The number of hydrogen-bond donors (Lipinski definition) is 1. The number of rotatable bonds is 5. The lowest BCUT2D eigenvalue weighted by molar-refractivity contribution is 0.116. The summed E-state index contributed by atoms with van der Waals surface area (Å²) in [4.78, 5) is 2.36. The molecule has 0 aromatic heterocycles. The molecule has 0 radical (unpaired) electrons. The first-order chi connectivity index (χ1) is 11.3. The number of aliphatic hydroxyl groups excluding tert-OH is 1. The van der Waals surface area contributed by atoms with E-state index in [0.717, 1.165) is 19.4 Å². The van der Waals surface area contributed by atoms with Gasteiger partial charge in [0.05, 0.1) is 6.04 Å². The first-order valence-corrected chi connectivity index (χ1v) is 8.48. The topological polar surface area (TPSA) is 23.5 Å². The molecule has 2 unspecified atom stereocenters. The van der Waals surface area contributed by atoms with Gasteiger partial charge in [-0.2, -0.15) is 0 Å². The van der Waals surface area contributed by atoms with E-state index in [9.17, 15) is 5.11 Å². The molecule has 1 aliphatic rings. The molecule has 1 aliphatic heterocycles. The van der Waals surface area contributed by atoms with Crippen LogP contribution in [0, 0.1) is 5.92 Å². The molecule has 2 atom stereocenters. The van der Waals surface area contributed by atoms with Gasteiger partial charge in [-0.25, -0.2) is 0 Å². The Morgan fingerprint density at radius 3 is 2.39 bits per heavy atom. The Kier molecular flexibility index (Phi) is 5.14. The molecule has 0 saturated carbocycles. The Bertz CT molecular complexity index is 633. The lowest BCUT2D eigenvalue weighted by atomic mass is 9.87. The first-order valence-electron chi connectivity index (χ1n) is 8.48. The van der Waals surface area contributed by atoms with Gasteiger partial charge in [-0.1, -0.05) is 67.6 Å². The summed E-state index contributed by atoms with van der Waals surface area (Å²) in [5.41, 5.74) is 3.95. The Balaban J connectivity index is 1.88. The summed E-state index contributed by atoms with van der Waals surface area (Å²) in [6.07, 6.45) is 6.36. The van der Waals surface area contributed by atoms with Gasteiger partial charge in [0.1, 0.15) is 0 Å². The van der Waals surface area contributed by atoms with E-state index in [-0.39, 0.29) is 18.6 Å². The van der Waals surface area contributed by atoms with Crippen LogP contribution < -0.4 is 0 Å². The van der Waals surface area contributed by atoms with Crippen molar-refractivity contribution in [3.05, 3.63) is 83.6 Å². The second-order valence-corrected chi connectivity index (χ2v) is 6.26. The molecule has 0 amide bonds. The van der Waals surface area contributed by atoms with Crippen LogP contribution in [0.3, 0.4) is 0 Å². The highest BCUT2D eigenvalue weighted by atomic mass is 16.3. The molecule has 0 bridgehead atoms. The molecule has 23 heavy (non-hydrogen) atoms. The van der Waals surface area contributed by atoms with Gasteiger partial charge in [-0.15, -0.1) is 0 Å². The van der Waals surface area contributed by atoms with Crippen LogP contribution in [0.1, 0.15) is 36.1 Å². The summed E-state index contributed by atoms with van der Waals surface area (Å²) in [6, 6.07) is 19.6. The van der Waals surface area contributed by atoms with Crippen LogP contribution in [-0.2, 0) is 13.0 Å². The molecule has 0 aliphatic carbocycles. The molecular formula is C21H25NO. The number of benzene rings is 2. The fourth-order valence-corrected chi connectivity index (χ4v) is 3.40. The predicted octanol–water partition coefficient (Wildman–Crippen LogP) is 4.32.